The molecule has 0 radical (unpaired) electrons. The molecular formula is C21H25NO6. The molecular weight excluding hydrogens is 362 g/mol. The highest BCUT2D eigenvalue weighted by Crippen LogP contribution is 2.25. The van der Waals surface area contributed by atoms with Crippen molar-refractivity contribution in [1.82, 2.24) is 4.90 Å². The molecule has 150 valence electrons. The molecule has 2 aromatic rings. The van der Waals surface area contributed by atoms with Crippen LogP contribution in [-0.2, 0) is 11.2 Å². The minimum absolute atomic E-state index is 0.0299. The maximum absolute atomic E-state index is 13.0. The summed E-state index contributed by atoms with van der Waals surface area (Å²) in [6.07, 6.45) is 0.0873. The van der Waals surface area contributed by atoms with Gasteiger partial charge in [-0.1, -0.05) is 25.1 Å². The number of amides is 1. The first-order valence-corrected chi connectivity index (χ1v) is 9.30. The molecule has 1 saturated heterocycles. The summed E-state index contributed by atoms with van der Waals surface area (Å²) < 4.78 is 17.4. The summed E-state index contributed by atoms with van der Waals surface area (Å²) in [4.78, 5) is 25.9. The second-order valence-corrected chi connectivity index (χ2v) is 7.42. The van der Waals surface area contributed by atoms with E-state index in [4.69, 9.17) is 13.9 Å². The second-order valence-electron chi connectivity index (χ2n) is 7.42. The van der Waals surface area contributed by atoms with Crippen molar-refractivity contribution in [2.24, 2.45) is 0 Å². The molecule has 28 heavy (non-hydrogen) atoms. The van der Waals surface area contributed by atoms with Gasteiger partial charge in [0.1, 0.15) is 29.8 Å². The fraction of sp³-hybridized carbons (Fsp3) is 0.429. The van der Waals surface area contributed by atoms with Crippen LogP contribution in [0.3, 0.4) is 0 Å². The van der Waals surface area contributed by atoms with Crippen molar-refractivity contribution in [2.75, 3.05) is 19.7 Å². The molecule has 1 aliphatic rings. The third-order valence-electron chi connectivity index (χ3n) is 4.52. The Hall–Kier alpha value is -2.80. The van der Waals surface area contributed by atoms with Crippen LogP contribution in [0.25, 0.3) is 0 Å². The van der Waals surface area contributed by atoms with Gasteiger partial charge in [-0.15, -0.1) is 0 Å². The molecule has 7 nitrogen and oxygen atoms in total. The summed E-state index contributed by atoms with van der Waals surface area (Å²) >= 11 is 0. The Morgan fingerprint density at radius 3 is 2.61 bits per heavy atom. The van der Waals surface area contributed by atoms with Crippen LogP contribution in [-0.4, -0.2) is 53.3 Å². The van der Waals surface area contributed by atoms with Crippen molar-refractivity contribution < 1.29 is 28.6 Å². The van der Waals surface area contributed by atoms with Crippen LogP contribution in [0.1, 0.15) is 47.4 Å². The van der Waals surface area contributed by atoms with E-state index < -0.39 is 11.6 Å². The van der Waals surface area contributed by atoms with E-state index in [2.05, 4.69) is 0 Å². The Kier molecular flexibility index (Phi) is 5.74. The molecule has 7 heteroatoms. The number of nitrogens with zero attached hydrogens (tertiary/aromatic N) is 1. The Bertz CT molecular complexity index is 842. The molecule has 2 heterocycles. The Labute approximate surface area is 163 Å². The summed E-state index contributed by atoms with van der Waals surface area (Å²) in [6.45, 7) is 6.61. The van der Waals surface area contributed by atoms with E-state index in [-0.39, 0.29) is 23.3 Å². The third kappa shape index (κ3) is 4.54. The summed E-state index contributed by atoms with van der Waals surface area (Å²) in [6, 6.07) is 10.7. The van der Waals surface area contributed by atoms with Crippen molar-refractivity contribution in [3.05, 3.63) is 53.5 Å². The highest BCUT2D eigenvalue weighted by atomic mass is 16.6. The van der Waals surface area contributed by atoms with Gasteiger partial charge < -0.3 is 23.9 Å². The zero-order valence-corrected chi connectivity index (χ0v) is 16.3. The largest absolute Gasteiger partial charge is 0.491 e. The number of furan rings is 1. The van der Waals surface area contributed by atoms with E-state index in [9.17, 15) is 14.7 Å². The fourth-order valence-corrected chi connectivity index (χ4v) is 3.38. The molecule has 1 fully saturated rings. The number of ether oxygens (including phenoxy) is 2. The van der Waals surface area contributed by atoms with Gasteiger partial charge in [0, 0.05) is 19.0 Å². The van der Waals surface area contributed by atoms with Crippen molar-refractivity contribution >= 4 is 11.9 Å². The van der Waals surface area contributed by atoms with Gasteiger partial charge in [0.05, 0.1) is 12.1 Å². The molecule has 1 atom stereocenters. The minimum atomic E-state index is -1.10. The zero-order chi connectivity index (χ0) is 20.3. The molecule has 1 unspecified atom stereocenters. The Balaban J connectivity index is 1.73. The van der Waals surface area contributed by atoms with E-state index in [0.29, 0.717) is 31.9 Å². The van der Waals surface area contributed by atoms with E-state index >= 15 is 0 Å². The maximum Gasteiger partial charge on any atom is 0.339 e. The number of aromatic carboxylic acids is 1. The Morgan fingerprint density at radius 2 is 2.00 bits per heavy atom. The number of carbonyl (C=O) groups excluding carboxylic acids is 1. The average Bonchev–Trinajstić information content (AvgIpc) is 3.10. The molecule has 1 aliphatic heterocycles. The molecule has 1 amide bonds. The van der Waals surface area contributed by atoms with Crippen molar-refractivity contribution in [3.63, 3.8) is 0 Å². The topological polar surface area (TPSA) is 89.2 Å². The lowest BCUT2D eigenvalue weighted by Gasteiger charge is -2.42. The van der Waals surface area contributed by atoms with E-state index in [1.54, 1.807) is 11.8 Å². The summed E-state index contributed by atoms with van der Waals surface area (Å²) in [5, 5.41) is 9.28. The van der Waals surface area contributed by atoms with Gasteiger partial charge in [0.2, 0.25) is 0 Å². The maximum atomic E-state index is 13.0. The van der Waals surface area contributed by atoms with Gasteiger partial charge in [0.15, 0.2) is 5.76 Å². The van der Waals surface area contributed by atoms with Gasteiger partial charge in [0.25, 0.3) is 5.91 Å². The first-order valence-electron chi connectivity index (χ1n) is 9.30. The van der Waals surface area contributed by atoms with Crippen LogP contribution in [0.15, 0.2) is 40.8 Å². The first-order chi connectivity index (χ1) is 13.3. The number of hydrogen-bond donors (Lipinski definition) is 1. The molecule has 0 spiro atoms. The first kappa shape index (κ1) is 19.9. The monoisotopic (exact) mass is 387 g/mol. The van der Waals surface area contributed by atoms with Crippen LogP contribution in [0.5, 0.6) is 5.75 Å². The van der Waals surface area contributed by atoms with Gasteiger partial charge in [-0.3, -0.25) is 4.79 Å². The molecule has 1 N–H and O–H groups in total. The van der Waals surface area contributed by atoms with Crippen LogP contribution in [0.4, 0.5) is 0 Å². The van der Waals surface area contributed by atoms with E-state index in [0.717, 1.165) is 5.75 Å². The molecule has 0 aliphatic carbocycles. The number of para-hydroxylation sites is 1. The molecule has 1 aromatic heterocycles. The number of hydrogen-bond acceptors (Lipinski definition) is 5. The van der Waals surface area contributed by atoms with Crippen LogP contribution in [0.2, 0.25) is 0 Å². The van der Waals surface area contributed by atoms with Crippen molar-refractivity contribution in [2.45, 2.75) is 38.9 Å². The lowest BCUT2D eigenvalue weighted by atomic mass is 10.0. The van der Waals surface area contributed by atoms with E-state index in [1.165, 1.54) is 6.07 Å². The lowest BCUT2D eigenvalue weighted by Crippen LogP contribution is -2.56. The highest BCUT2D eigenvalue weighted by molar-refractivity contribution is 5.96. The Morgan fingerprint density at radius 1 is 1.29 bits per heavy atom. The number of carbonyl (C=O) groups is 2. The molecule has 0 bridgehead atoms. The SMILES string of the molecule is CCc1oc(C(=O)N2CC(COc3ccccc3)OC(C)(C)C2)cc1C(=O)O. The predicted octanol–water partition coefficient (Wildman–Crippen LogP) is 3.24. The van der Waals surface area contributed by atoms with E-state index in [1.807, 2.05) is 44.2 Å². The quantitative estimate of drug-likeness (QED) is 0.819. The number of carboxylic acids is 1. The highest BCUT2D eigenvalue weighted by Gasteiger charge is 2.37. The van der Waals surface area contributed by atoms with Crippen molar-refractivity contribution in [1.29, 1.82) is 0 Å². The van der Waals surface area contributed by atoms with Gasteiger partial charge in [-0.2, -0.15) is 0 Å². The molecule has 1 aromatic carbocycles. The smallest absolute Gasteiger partial charge is 0.339 e. The number of morpholine rings is 1. The minimum Gasteiger partial charge on any atom is -0.491 e. The number of carboxylic acid groups (broad SMARTS) is 1. The summed E-state index contributed by atoms with van der Waals surface area (Å²) in [5.74, 6) is -0.376. The van der Waals surface area contributed by atoms with Gasteiger partial charge in [-0.25, -0.2) is 4.79 Å². The average molecular weight is 387 g/mol. The number of rotatable bonds is 6. The van der Waals surface area contributed by atoms with Crippen LogP contribution in [0, 0.1) is 0 Å². The third-order valence-corrected chi connectivity index (χ3v) is 4.52. The van der Waals surface area contributed by atoms with Gasteiger partial charge >= 0.3 is 5.97 Å². The summed E-state index contributed by atoms with van der Waals surface area (Å²) in [5.41, 5.74) is -0.531. The number of benzene rings is 1. The second kappa shape index (κ2) is 8.06. The predicted molar refractivity (Wildman–Crippen MR) is 102 cm³/mol. The van der Waals surface area contributed by atoms with Gasteiger partial charge in [-0.05, 0) is 26.0 Å². The molecule has 3 rings (SSSR count). The van der Waals surface area contributed by atoms with Crippen LogP contribution < -0.4 is 4.74 Å². The zero-order valence-electron chi connectivity index (χ0n) is 16.3. The van der Waals surface area contributed by atoms with Crippen LogP contribution >= 0.6 is 0 Å². The fourth-order valence-electron chi connectivity index (χ4n) is 3.38. The normalized spacial score (nSPS) is 18.7. The van der Waals surface area contributed by atoms with Crippen molar-refractivity contribution in [3.8, 4) is 5.75 Å². The standard InChI is InChI=1S/C21H25NO6/c1-4-17-16(20(24)25)10-18(27-17)19(23)22-11-15(28-21(2,3)13-22)12-26-14-8-6-5-7-9-14/h5-10,15H,4,11-13H2,1-3H3,(H,24,25). The molecule has 0 saturated carbocycles. The number of aryl methyl sites for hydroxylation is 1. The lowest BCUT2D eigenvalue weighted by molar-refractivity contribution is -0.137. The summed E-state index contributed by atoms with van der Waals surface area (Å²) in [7, 11) is 0.